The van der Waals surface area contributed by atoms with E-state index in [-0.39, 0.29) is 30.0 Å². The fourth-order valence-corrected chi connectivity index (χ4v) is 3.73. The minimum atomic E-state index is 0. The molecular weight excluding hydrogens is 467 g/mol. The molecule has 2 rings (SSSR count). The Hall–Kier alpha value is -0.860. The number of nitrogens with one attached hydrogen (secondary N) is 2. The Kier molecular flexibility index (Phi) is 9.74. The van der Waals surface area contributed by atoms with Gasteiger partial charge in [0.2, 0.25) is 0 Å². The molecule has 0 aliphatic carbocycles. The van der Waals surface area contributed by atoms with Crippen molar-refractivity contribution in [1.29, 1.82) is 0 Å². The third-order valence-corrected chi connectivity index (χ3v) is 5.15. The molecule has 0 saturated carbocycles. The zero-order valence-electron chi connectivity index (χ0n) is 15.1. The number of hydrogen-bond donors (Lipinski definition) is 2. The highest BCUT2D eigenvalue weighted by Crippen LogP contribution is 2.22. The van der Waals surface area contributed by atoms with Gasteiger partial charge < -0.3 is 10.6 Å². The molecule has 0 bridgehead atoms. The summed E-state index contributed by atoms with van der Waals surface area (Å²) in [6.07, 6.45) is 0.911. The van der Waals surface area contributed by atoms with Crippen LogP contribution in [0.3, 0.4) is 0 Å². The number of aromatic nitrogens is 1. The first-order valence-corrected chi connectivity index (χ1v) is 9.43. The Labute approximate surface area is 176 Å². The van der Waals surface area contributed by atoms with Crippen molar-refractivity contribution in [3.63, 3.8) is 0 Å². The number of aliphatic imine (C=N–C) groups is 1. The molecule has 2 aromatic rings. The first kappa shape index (κ1) is 22.2. The van der Waals surface area contributed by atoms with E-state index in [9.17, 15) is 0 Å². The molecular formula is C18H26ClIN4S. The highest BCUT2D eigenvalue weighted by Gasteiger charge is 2.11. The van der Waals surface area contributed by atoms with Gasteiger partial charge in [0, 0.05) is 29.4 Å². The summed E-state index contributed by atoms with van der Waals surface area (Å²) in [5.74, 6) is 0.809. The van der Waals surface area contributed by atoms with Crippen molar-refractivity contribution >= 4 is 52.9 Å². The molecule has 4 nitrogen and oxygen atoms in total. The molecule has 0 aliphatic rings. The lowest BCUT2D eigenvalue weighted by molar-refractivity contribution is 0.686. The largest absolute Gasteiger partial charge is 0.357 e. The van der Waals surface area contributed by atoms with Gasteiger partial charge >= 0.3 is 0 Å². The van der Waals surface area contributed by atoms with Gasteiger partial charge in [-0.25, -0.2) is 4.98 Å². The standard InChI is InChI=1S/C18H25ClN4S.HI/c1-5-20-18(21-11-10-17-13(3)22-14(4)24-17)23-12(2)15-8-6-7-9-16(15)19;/h6-9,12H,5,10-11H2,1-4H3,(H2,20,21,23);1H. The second-order valence-electron chi connectivity index (χ2n) is 5.64. The van der Waals surface area contributed by atoms with Gasteiger partial charge in [0.05, 0.1) is 16.7 Å². The predicted octanol–water partition coefficient (Wildman–Crippen LogP) is 4.89. The summed E-state index contributed by atoms with van der Waals surface area (Å²) in [7, 11) is 0. The smallest absolute Gasteiger partial charge is 0.191 e. The molecule has 1 aromatic carbocycles. The van der Waals surface area contributed by atoms with Crippen molar-refractivity contribution in [3.05, 3.63) is 50.4 Å². The van der Waals surface area contributed by atoms with Crippen LogP contribution in [0.4, 0.5) is 0 Å². The molecule has 0 saturated heterocycles. The first-order chi connectivity index (χ1) is 11.5. The molecule has 0 spiro atoms. The van der Waals surface area contributed by atoms with Crippen molar-refractivity contribution < 1.29 is 0 Å². The van der Waals surface area contributed by atoms with E-state index in [4.69, 9.17) is 11.6 Å². The predicted molar refractivity (Wildman–Crippen MR) is 120 cm³/mol. The molecule has 1 aromatic heterocycles. The van der Waals surface area contributed by atoms with Gasteiger partial charge in [0.1, 0.15) is 0 Å². The van der Waals surface area contributed by atoms with Gasteiger partial charge in [-0.2, -0.15) is 0 Å². The Balaban J connectivity index is 0.00000312. The maximum atomic E-state index is 6.28. The van der Waals surface area contributed by atoms with Crippen molar-refractivity contribution in [1.82, 2.24) is 15.6 Å². The number of halogens is 2. The van der Waals surface area contributed by atoms with E-state index in [1.807, 2.05) is 31.2 Å². The second-order valence-corrected chi connectivity index (χ2v) is 7.33. The average molecular weight is 493 g/mol. The summed E-state index contributed by atoms with van der Waals surface area (Å²) in [6.45, 7) is 9.80. The van der Waals surface area contributed by atoms with Crippen LogP contribution in [0.2, 0.25) is 5.02 Å². The monoisotopic (exact) mass is 492 g/mol. The lowest BCUT2D eigenvalue weighted by Gasteiger charge is -2.19. The fourth-order valence-electron chi connectivity index (χ4n) is 2.50. The zero-order valence-corrected chi connectivity index (χ0v) is 19.0. The second kappa shape index (κ2) is 11.0. The van der Waals surface area contributed by atoms with Crippen LogP contribution < -0.4 is 10.6 Å². The Bertz CT molecular complexity index is 702. The number of hydrogen-bond acceptors (Lipinski definition) is 3. The number of thiazole rings is 1. The molecule has 0 fully saturated rings. The van der Waals surface area contributed by atoms with Crippen LogP contribution in [0.15, 0.2) is 29.3 Å². The molecule has 0 aliphatic heterocycles. The molecule has 1 heterocycles. The summed E-state index contributed by atoms with van der Waals surface area (Å²) in [4.78, 5) is 10.5. The Morgan fingerprint density at radius 2 is 2.04 bits per heavy atom. The summed E-state index contributed by atoms with van der Waals surface area (Å²) >= 11 is 8.03. The van der Waals surface area contributed by atoms with Gasteiger partial charge in [0.25, 0.3) is 0 Å². The number of nitrogens with zero attached hydrogens (tertiary/aromatic N) is 2. The first-order valence-electron chi connectivity index (χ1n) is 8.23. The van der Waals surface area contributed by atoms with E-state index in [0.717, 1.165) is 46.8 Å². The number of benzene rings is 1. The van der Waals surface area contributed by atoms with Crippen molar-refractivity contribution in [2.45, 2.75) is 40.2 Å². The van der Waals surface area contributed by atoms with Crippen LogP contribution >= 0.6 is 46.9 Å². The van der Waals surface area contributed by atoms with Crippen LogP contribution in [-0.4, -0.2) is 24.0 Å². The Morgan fingerprint density at radius 1 is 1.32 bits per heavy atom. The van der Waals surface area contributed by atoms with E-state index in [2.05, 4.69) is 41.4 Å². The van der Waals surface area contributed by atoms with Crippen molar-refractivity contribution in [2.75, 3.05) is 13.1 Å². The quantitative estimate of drug-likeness (QED) is 0.343. The molecule has 0 radical (unpaired) electrons. The average Bonchev–Trinajstić information content (AvgIpc) is 2.85. The minimum Gasteiger partial charge on any atom is -0.357 e. The van der Waals surface area contributed by atoms with E-state index in [1.54, 1.807) is 11.3 Å². The summed E-state index contributed by atoms with van der Waals surface area (Å²) in [5, 5.41) is 8.60. The third-order valence-electron chi connectivity index (χ3n) is 3.68. The molecule has 25 heavy (non-hydrogen) atoms. The van der Waals surface area contributed by atoms with Gasteiger partial charge in [-0.1, -0.05) is 29.8 Å². The molecule has 138 valence electrons. The molecule has 2 N–H and O–H groups in total. The summed E-state index contributed by atoms with van der Waals surface area (Å²) < 4.78 is 0. The SMILES string of the molecule is CCNC(=NCCc1sc(C)nc1C)NC(C)c1ccccc1Cl.I. The molecule has 0 amide bonds. The third kappa shape index (κ3) is 6.75. The van der Waals surface area contributed by atoms with Crippen LogP contribution in [0.5, 0.6) is 0 Å². The summed E-state index contributed by atoms with van der Waals surface area (Å²) in [6, 6.07) is 7.97. The number of aryl methyl sites for hydroxylation is 2. The number of rotatable bonds is 6. The van der Waals surface area contributed by atoms with Gasteiger partial charge in [-0.15, -0.1) is 35.3 Å². The van der Waals surface area contributed by atoms with Crippen LogP contribution in [0.1, 0.15) is 41.0 Å². The lowest BCUT2D eigenvalue weighted by atomic mass is 10.1. The van der Waals surface area contributed by atoms with Crippen LogP contribution in [0, 0.1) is 13.8 Å². The van der Waals surface area contributed by atoms with Gasteiger partial charge in [-0.3, -0.25) is 4.99 Å². The van der Waals surface area contributed by atoms with E-state index < -0.39 is 0 Å². The maximum absolute atomic E-state index is 6.28. The highest BCUT2D eigenvalue weighted by atomic mass is 127. The topological polar surface area (TPSA) is 49.3 Å². The molecule has 1 atom stereocenters. The maximum Gasteiger partial charge on any atom is 0.191 e. The summed E-state index contributed by atoms with van der Waals surface area (Å²) in [5.41, 5.74) is 2.19. The van der Waals surface area contributed by atoms with E-state index in [0.29, 0.717) is 0 Å². The molecule has 7 heteroatoms. The lowest BCUT2D eigenvalue weighted by Crippen LogP contribution is -2.39. The molecule has 1 unspecified atom stereocenters. The normalized spacial score (nSPS) is 12.4. The minimum absolute atomic E-state index is 0. The Morgan fingerprint density at radius 3 is 2.64 bits per heavy atom. The van der Waals surface area contributed by atoms with Gasteiger partial charge in [0.15, 0.2) is 5.96 Å². The van der Waals surface area contributed by atoms with E-state index in [1.165, 1.54) is 4.88 Å². The van der Waals surface area contributed by atoms with E-state index >= 15 is 0 Å². The van der Waals surface area contributed by atoms with Crippen molar-refractivity contribution in [2.24, 2.45) is 4.99 Å². The van der Waals surface area contributed by atoms with Gasteiger partial charge in [-0.05, 0) is 39.3 Å². The fraction of sp³-hybridized carbons (Fsp3) is 0.444. The van der Waals surface area contributed by atoms with Crippen molar-refractivity contribution in [3.8, 4) is 0 Å². The van der Waals surface area contributed by atoms with Crippen LogP contribution in [0.25, 0.3) is 0 Å². The highest BCUT2D eigenvalue weighted by molar-refractivity contribution is 14.0. The zero-order chi connectivity index (χ0) is 17.5. The number of guanidine groups is 1. The van der Waals surface area contributed by atoms with Crippen LogP contribution in [-0.2, 0) is 6.42 Å².